The van der Waals surface area contributed by atoms with Crippen molar-refractivity contribution in [2.45, 2.75) is 20.1 Å². The Morgan fingerprint density at radius 3 is 2.56 bits per heavy atom. The van der Waals surface area contributed by atoms with Crippen LogP contribution in [-0.2, 0) is 13.2 Å². The van der Waals surface area contributed by atoms with Crippen LogP contribution in [0.25, 0.3) is 0 Å². The standard InChI is InChI=1S/C21H24FN3O2/c1-2-27-21-12-19(6-5-17(21)13-23)25-9-7-24(8-10-25)14-18-4-3-16(15-26)11-20(18)22/h3-6,11-12,26H,2,7-10,14-15H2,1H3. The maximum absolute atomic E-state index is 14.1. The Morgan fingerprint density at radius 2 is 1.93 bits per heavy atom. The number of hydrogen-bond acceptors (Lipinski definition) is 5. The number of nitrogens with zero attached hydrogens (tertiary/aromatic N) is 3. The molecule has 1 saturated heterocycles. The van der Waals surface area contributed by atoms with Crippen molar-refractivity contribution >= 4 is 5.69 Å². The van der Waals surface area contributed by atoms with E-state index in [2.05, 4.69) is 15.9 Å². The van der Waals surface area contributed by atoms with E-state index in [1.165, 1.54) is 6.07 Å². The molecule has 2 aromatic rings. The van der Waals surface area contributed by atoms with E-state index >= 15 is 0 Å². The molecule has 1 aliphatic rings. The van der Waals surface area contributed by atoms with Crippen LogP contribution in [0.5, 0.6) is 5.75 Å². The number of anilines is 1. The van der Waals surface area contributed by atoms with Crippen molar-refractivity contribution in [1.82, 2.24) is 4.90 Å². The summed E-state index contributed by atoms with van der Waals surface area (Å²) in [7, 11) is 0. The van der Waals surface area contributed by atoms with Crippen LogP contribution >= 0.6 is 0 Å². The highest BCUT2D eigenvalue weighted by Crippen LogP contribution is 2.26. The number of hydrogen-bond donors (Lipinski definition) is 1. The highest BCUT2D eigenvalue weighted by Gasteiger charge is 2.19. The average Bonchev–Trinajstić information content (AvgIpc) is 2.70. The van der Waals surface area contributed by atoms with Crippen LogP contribution in [0.4, 0.5) is 10.1 Å². The molecule has 0 aliphatic carbocycles. The Bertz CT molecular complexity index is 827. The lowest BCUT2D eigenvalue weighted by Gasteiger charge is -2.36. The molecule has 0 atom stereocenters. The van der Waals surface area contributed by atoms with Gasteiger partial charge in [0, 0.05) is 50.0 Å². The second kappa shape index (κ2) is 8.85. The Kier molecular flexibility index (Phi) is 6.28. The largest absolute Gasteiger partial charge is 0.492 e. The number of rotatable bonds is 6. The van der Waals surface area contributed by atoms with Gasteiger partial charge in [0.1, 0.15) is 17.6 Å². The molecule has 6 heteroatoms. The minimum Gasteiger partial charge on any atom is -0.492 e. The summed E-state index contributed by atoms with van der Waals surface area (Å²) in [5, 5.41) is 18.3. The molecule has 0 saturated carbocycles. The second-order valence-corrected chi connectivity index (χ2v) is 6.57. The second-order valence-electron chi connectivity index (χ2n) is 6.57. The van der Waals surface area contributed by atoms with Gasteiger partial charge in [-0.15, -0.1) is 0 Å². The van der Waals surface area contributed by atoms with Crippen molar-refractivity contribution in [1.29, 1.82) is 5.26 Å². The van der Waals surface area contributed by atoms with Crippen molar-refractivity contribution < 1.29 is 14.2 Å². The Balaban J connectivity index is 1.62. The summed E-state index contributed by atoms with van der Waals surface area (Å²) >= 11 is 0. The fourth-order valence-corrected chi connectivity index (χ4v) is 3.30. The first-order valence-corrected chi connectivity index (χ1v) is 9.17. The Morgan fingerprint density at radius 1 is 1.15 bits per heavy atom. The topological polar surface area (TPSA) is 59.7 Å². The smallest absolute Gasteiger partial charge is 0.139 e. The third-order valence-corrected chi connectivity index (χ3v) is 4.82. The summed E-state index contributed by atoms with van der Waals surface area (Å²) in [6, 6.07) is 12.7. The molecule has 1 fully saturated rings. The highest BCUT2D eigenvalue weighted by molar-refractivity contribution is 5.57. The van der Waals surface area contributed by atoms with Crippen molar-refractivity contribution in [3.63, 3.8) is 0 Å². The maximum Gasteiger partial charge on any atom is 0.139 e. The zero-order valence-electron chi connectivity index (χ0n) is 15.5. The van der Waals surface area contributed by atoms with E-state index in [-0.39, 0.29) is 12.4 Å². The predicted molar refractivity (Wildman–Crippen MR) is 102 cm³/mol. The van der Waals surface area contributed by atoms with E-state index in [4.69, 9.17) is 9.84 Å². The minimum atomic E-state index is -0.266. The third kappa shape index (κ3) is 4.57. The van der Waals surface area contributed by atoms with Gasteiger partial charge in [-0.1, -0.05) is 12.1 Å². The number of nitriles is 1. The fraction of sp³-hybridized carbons (Fsp3) is 0.381. The summed E-state index contributed by atoms with van der Waals surface area (Å²) in [6.45, 7) is 6.14. The molecule has 142 valence electrons. The molecule has 1 N–H and O–H groups in total. The van der Waals surface area contributed by atoms with Crippen molar-refractivity contribution in [3.05, 3.63) is 58.9 Å². The van der Waals surface area contributed by atoms with Gasteiger partial charge >= 0.3 is 0 Å². The van der Waals surface area contributed by atoms with Crippen molar-refractivity contribution in [3.8, 4) is 11.8 Å². The summed E-state index contributed by atoms with van der Waals surface area (Å²) < 4.78 is 19.7. The molecule has 0 spiro atoms. The number of aliphatic hydroxyl groups is 1. The molecule has 1 heterocycles. The predicted octanol–water partition coefficient (Wildman–Crippen LogP) is 2.91. The van der Waals surface area contributed by atoms with Crippen molar-refractivity contribution in [2.75, 3.05) is 37.7 Å². The van der Waals surface area contributed by atoms with Crippen LogP contribution in [0, 0.1) is 17.1 Å². The van der Waals surface area contributed by atoms with E-state index in [9.17, 15) is 9.65 Å². The van der Waals surface area contributed by atoms with Gasteiger partial charge in [-0.3, -0.25) is 4.90 Å². The molecular formula is C21H24FN3O2. The monoisotopic (exact) mass is 369 g/mol. The first-order valence-electron chi connectivity index (χ1n) is 9.17. The van der Waals surface area contributed by atoms with E-state index in [1.54, 1.807) is 18.2 Å². The summed E-state index contributed by atoms with van der Waals surface area (Å²) in [5.74, 6) is 0.350. The SMILES string of the molecule is CCOc1cc(N2CCN(Cc3ccc(CO)cc3F)CC2)ccc1C#N. The molecule has 0 bridgehead atoms. The zero-order valence-corrected chi connectivity index (χ0v) is 15.5. The van der Waals surface area contributed by atoms with Crippen LogP contribution < -0.4 is 9.64 Å². The summed E-state index contributed by atoms with van der Waals surface area (Å²) in [6.07, 6.45) is 0. The van der Waals surface area contributed by atoms with Crippen molar-refractivity contribution in [2.24, 2.45) is 0 Å². The first-order chi connectivity index (χ1) is 13.1. The number of halogens is 1. The molecule has 27 heavy (non-hydrogen) atoms. The average molecular weight is 369 g/mol. The maximum atomic E-state index is 14.1. The van der Waals surface area contributed by atoms with Gasteiger partial charge in [-0.25, -0.2) is 4.39 Å². The highest BCUT2D eigenvalue weighted by atomic mass is 19.1. The molecule has 0 aromatic heterocycles. The van der Waals surface area contributed by atoms with Gasteiger partial charge in [0.05, 0.1) is 18.8 Å². The lowest BCUT2D eigenvalue weighted by Crippen LogP contribution is -2.46. The zero-order chi connectivity index (χ0) is 19.2. The van der Waals surface area contributed by atoms with Crippen LogP contribution in [0.15, 0.2) is 36.4 Å². The van der Waals surface area contributed by atoms with Gasteiger partial charge in [-0.2, -0.15) is 5.26 Å². The van der Waals surface area contributed by atoms with Crippen LogP contribution in [0.1, 0.15) is 23.6 Å². The van der Waals surface area contributed by atoms with Gasteiger partial charge < -0.3 is 14.7 Å². The molecule has 2 aromatic carbocycles. The minimum absolute atomic E-state index is 0.149. The quantitative estimate of drug-likeness (QED) is 0.848. The lowest BCUT2D eigenvalue weighted by atomic mass is 10.1. The van der Waals surface area contributed by atoms with Gasteiger partial charge in [-0.05, 0) is 30.7 Å². The fourth-order valence-electron chi connectivity index (χ4n) is 3.30. The third-order valence-electron chi connectivity index (χ3n) is 4.82. The molecule has 0 amide bonds. The van der Waals surface area contributed by atoms with Gasteiger partial charge in [0.25, 0.3) is 0 Å². The van der Waals surface area contributed by atoms with Crippen LogP contribution in [0.3, 0.4) is 0 Å². The van der Waals surface area contributed by atoms with Gasteiger partial charge in [0.2, 0.25) is 0 Å². The number of benzene rings is 2. The molecule has 0 radical (unpaired) electrons. The molecule has 3 rings (SSSR count). The Hall–Kier alpha value is -2.62. The summed E-state index contributed by atoms with van der Waals surface area (Å²) in [4.78, 5) is 4.48. The van der Waals surface area contributed by atoms with E-state index in [1.807, 2.05) is 19.1 Å². The molecule has 5 nitrogen and oxygen atoms in total. The van der Waals surface area contributed by atoms with E-state index in [0.717, 1.165) is 31.9 Å². The normalized spacial score (nSPS) is 14.8. The number of aliphatic hydroxyl groups excluding tert-OH is 1. The Labute approximate surface area is 159 Å². The van der Waals surface area contributed by atoms with E-state index < -0.39 is 0 Å². The molecule has 0 unspecified atom stereocenters. The lowest BCUT2D eigenvalue weighted by molar-refractivity contribution is 0.246. The number of piperazine rings is 1. The number of ether oxygens (including phenoxy) is 1. The first kappa shape index (κ1) is 19.2. The summed E-state index contributed by atoms with van der Waals surface area (Å²) in [5.41, 5.74) is 2.82. The molecule has 1 aliphatic heterocycles. The van der Waals surface area contributed by atoms with Gasteiger partial charge in [0.15, 0.2) is 0 Å². The van der Waals surface area contributed by atoms with Crippen LogP contribution in [-0.4, -0.2) is 42.8 Å². The van der Waals surface area contributed by atoms with E-state index in [0.29, 0.717) is 35.6 Å². The molecular weight excluding hydrogens is 345 g/mol. The van der Waals surface area contributed by atoms with Crippen LogP contribution in [0.2, 0.25) is 0 Å².